The first-order valence-corrected chi connectivity index (χ1v) is 5.04. The fourth-order valence-corrected chi connectivity index (χ4v) is 1.30. The Morgan fingerprint density at radius 1 is 0.737 bits per heavy atom. The van der Waals surface area contributed by atoms with Gasteiger partial charge in [-0.1, -0.05) is 18.2 Å². The summed E-state index contributed by atoms with van der Waals surface area (Å²) in [5.41, 5.74) is -0.939. The van der Waals surface area contributed by atoms with Gasteiger partial charge in [0.1, 0.15) is 0 Å². The molecule has 0 fully saturated rings. The highest BCUT2D eigenvalue weighted by atomic mass is 19.2. The third kappa shape index (κ3) is 2.40. The van der Waals surface area contributed by atoms with Crippen LogP contribution in [0.1, 0.15) is 0 Å². The highest BCUT2D eigenvalue weighted by Gasteiger charge is 2.25. The molecule has 0 amide bonds. The fourth-order valence-electron chi connectivity index (χ4n) is 1.30. The zero-order valence-electron chi connectivity index (χ0n) is 9.24. The molecule has 0 aliphatic heterocycles. The van der Waals surface area contributed by atoms with Gasteiger partial charge in [-0.2, -0.15) is 9.50 Å². The molecule has 0 unspecified atom stereocenters. The van der Waals surface area contributed by atoms with Crippen LogP contribution in [0, 0.1) is 23.3 Å². The van der Waals surface area contributed by atoms with E-state index in [1.165, 1.54) is 12.1 Å². The van der Waals surface area contributed by atoms with Gasteiger partial charge in [-0.3, -0.25) is 0 Å². The summed E-state index contributed by atoms with van der Waals surface area (Å²) in [5, 5.41) is 15.5. The van der Waals surface area contributed by atoms with Gasteiger partial charge in [-0.25, -0.2) is 13.2 Å². The number of hydrogen-bond acceptors (Lipinski definition) is 3. The standard InChI is InChI=1S/C12H6F4N2O/c13-7-8(14)11(10(16)12(19)9(7)15)18-17-6-4-2-1-3-5-6/h1-5,19H. The summed E-state index contributed by atoms with van der Waals surface area (Å²) in [6.45, 7) is 0. The summed E-state index contributed by atoms with van der Waals surface area (Å²) in [6, 6.07) is 7.86. The third-order valence-electron chi connectivity index (χ3n) is 2.24. The van der Waals surface area contributed by atoms with E-state index in [1.807, 2.05) is 0 Å². The Morgan fingerprint density at radius 2 is 1.37 bits per heavy atom. The number of phenols is 1. The van der Waals surface area contributed by atoms with Gasteiger partial charge in [0.2, 0.25) is 11.6 Å². The van der Waals surface area contributed by atoms with Crippen molar-refractivity contribution in [3.05, 3.63) is 53.6 Å². The zero-order valence-corrected chi connectivity index (χ0v) is 9.24. The molecule has 3 nitrogen and oxygen atoms in total. The Kier molecular flexibility index (Phi) is 3.46. The van der Waals surface area contributed by atoms with Gasteiger partial charge < -0.3 is 5.11 Å². The van der Waals surface area contributed by atoms with Crippen molar-refractivity contribution >= 4 is 11.4 Å². The molecule has 2 rings (SSSR count). The van der Waals surface area contributed by atoms with Crippen LogP contribution in [0.15, 0.2) is 40.6 Å². The SMILES string of the molecule is Oc1c(F)c(F)c(F)c(N=Nc2ccccc2)c1F. The van der Waals surface area contributed by atoms with Crippen LogP contribution in [-0.4, -0.2) is 5.11 Å². The van der Waals surface area contributed by atoms with Gasteiger partial charge in [-0.15, -0.1) is 5.11 Å². The first-order chi connectivity index (χ1) is 9.02. The predicted molar refractivity (Wildman–Crippen MR) is 58.6 cm³/mol. The van der Waals surface area contributed by atoms with Crippen molar-refractivity contribution in [1.29, 1.82) is 0 Å². The zero-order chi connectivity index (χ0) is 14.0. The minimum Gasteiger partial charge on any atom is -0.503 e. The lowest BCUT2D eigenvalue weighted by atomic mass is 10.2. The highest BCUT2D eigenvalue weighted by Crippen LogP contribution is 2.35. The van der Waals surface area contributed by atoms with Crippen molar-refractivity contribution < 1.29 is 22.7 Å². The maximum atomic E-state index is 13.4. The van der Waals surface area contributed by atoms with E-state index in [0.29, 0.717) is 0 Å². The van der Waals surface area contributed by atoms with Crippen molar-refractivity contribution in [2.45, 2.75) is 0 Å². The van der Waals surface area contributed by atoms with Crippen molar-refractivity contribution in [3.8, 4) is 5.75 Å². The second kappa shape index (κ2) is 5.05. The number of nitrogens with zero attached hydrogens (tertiary/aromatic N) is 2. The van der Waals surface area contributed by atoms with Crippen molar-refractivity contribution in [2.75, 3.05) is 0 Å². The molecule has 19 heavy (non-hydrogen) atoms. The van der Waals surface area contributed by atoms with Crippen LogP contribution in [0.2, 0.25) is 0 Å². The normalized spacial score (nSPS) is 11.2. The number of benzene rings is 2. The van der Waals surface area contributed by atoms with E-state index in [9.17, 15) is 17.6 Å². The summed E-state index contributed by atoms with van der Waals surface area (Å²) < 4.78 is 52.4. The summed E-state index contributed by atoms with van der Waals surface area (Å²) in [7, 11) is 0. The molecule has 7 heteroatoms. The van der Waals surface area contributed by atoms with Gasteiger partial charge >= 0.3 is 0 Å². The molecule has 0 aliphatic rings. The average molecular weight is 270 g/mol. The fraction of sp³-hybridized carbons (Fsp3) is 0. The number of aromatic hydroxyl groups is 1. The minimum absolute atomic E-state index is 0.255. The number of hydrogen-bond donors (Lipinski definition) is 1. The summed E-state index contributed by atoms with van der Waals surface area (Å²) in [6.07, 6.45) is 0. The lowest BCUT2D eigenvalue weighted by Gasteiger charge is -2.03. The molecule has 2 aromatic carbocycles. The molecule has 0 aliphatic carbocycles. The molecule has 98 valence electrons. The molecule has 0 saturated carbocycles. The molecule has 0 atom stereocenters. The Bertz CT molecular complexity index is 615. The van der Waals surface area contributed by atoms with E-state index in [4.69, 9.17) is 5.11 Å². The first kappa shape index (κ1) is 13.0. The van der Waals surface area contributed by atoms with Crippen LogP contribution in [0.5, 0.6) is 5.75 Å². The number of halogens is 4. The number of rotatable bonds is 2. The van der Waals surface area contributed by atoms with Gasteiger partial charge in [0.15, 0.2) is 23.1 Å². The molecule has 0 bridgehead atoms. The summed E-state index contributed by atoms with van der Waals surface area (Å²) >= 11 is 0. The van der Waals surface area contributed by atoms with Crippen LogP contribution in [0.3, 0.4) is 0 Å². The van der Waals surface area contributed by atoms with Crippen LogP contribution in [0.4, 0.5) is 28.9 Å². The Hall–Kier alpha value is -2.44. The van der Waals surface area contributed by atoms with E-state index in [-0.39, 0.29) is 5.69 Å². The molecule has 1 N–H and O–H groups in total. The van der Waals surface area contributed by atoms with Gasteiger partial charge in [-0.05, 0) is 12.1 Å². The topological polar surface area (TPSA) is 45.0 Å². The van der Waals surface area contributed by atoms with Crippen LogP contribution in [0.25, 0.3) is 0 Å². The van der Waals surface area contributed by atoms with Crippen molar-refractivity contribution in [1.82, 2.24) is 0 Å². The minimum atomic E-state index is -2.01. The molecule has 0 heterocycles. The smallest absolute Gasteiger partial charge is 0.206 e. The quantitative estimate of drug-likeness (QED) is 0.374. The van der Waals surface area contributed by atoms with Gasteiger partial charge in [0.05, 0.1) is 5.69 Å². The Balaban J connectivity index is 2.50. The van der Waals surface area contributed by atoms with Crippen LogP contribution in [-0.2, 0) is 0 Å². The molecule has 0 radical (unpaired) electrons. The Labute approximate surface area is 104 Å². The first-order valence-electron chi connectivity index (χ1n) is 5.04. The molecular weight excluding hydrogens is 264 g/mol. The molecular formula is C12H6F4N2O. The van der Waals surface area contributed by atoms with Crippen LogP contribution < -0.4 is 0 Å². The molecule has 0 spiro atoms. The second-order valence-corrected chi connectivity index (χ2v) is 3.49. The Morgan fingerprint density at radius 3 is 2.00 bits per heavy atom. The third-order valence-corrected chi connectivity index (χ3v) is 2.24. The van der Waals surface area contributed by atoms with E-state index in [2.05, 4.69) is 10.2 Å². The number of phenolic OH excluding ortho intramolecular Hbond substituents is 1. The maximum absolute atomic E-state index is 13.4. The summed E-state index contributed by atoms with van der Waals surface area (Å²) in [4.78, 5) is 0. The van der Waals surface area contributed by atoms with Crippen molar-refractivity contribution in [2.24, 2.45) is 10.2 Å². The molecule has 0 aromatic heterocycles. The average Bonchev–Trinajstić information content (AvgIpc) is 2.44. The largest absolute Gasteiger partial charge is 0.503 e. The van der Waals surface area contributed by atoms with Crippen LogP contribution >= 0.6 is 0 Å². The van der Waals surface area contributed by atoms with Crippen molar-refractivity contribution in [3.63, 3.8) is 0 Å². The predicted octanol–water partition coefficient (Wildman–Crippen LogP) is 4.36. The van der Waals surface area contributed by atoms with E-state index in [1.54, 1.807) is 18.2 Å². The second-order valence-electron chi connectivity index (χ2n) is 3.49. The number of azo groups is 1. The highest BCUT2D eigenvalue weighted by molar-refractivity contribution is 5.48. The van der Waals surface area contributed by atoms with E-state index in [0.717, 1.165) is 0 Å². The molecule has 2 aromatic rings. The lowest BCUT2D eigenvalue weighted by molar-refractivity contribution is 0.360. The monoisotopic (exact) mass is 270 g/mol. The van der Waals surface area contributed by atoms with Gasteiger partial charge in [0, 0.05) is 0 Å². The lowest BCUT2D eigenvalue weighted by Crippen LogP contribution is -1.95. The summed E-state index contributed by atoms with van der Waals surface area (Å²) in [5.74, 6) is -9.22. The van der Waals surface area contributed by atoms with E-state index >= 15 is 0 Å². The van der Waals surface area contributed by atoms with E-state index < -0.39 is 34.7 Å². The molecule has 0 saturated heterocycles. The van der Waals surface area contributed by atoms with Gasteiger partial charge in [0.25, 0.3) is 0 Å². The maximum Gasteiger partial charge on any atom is 0.206 e.